The van der Waals surface area contributed by atoms with E-state index in [1.54, 1.807) is 25.1 Å². The molecule has 21 heavy (non-hydrogen) atoms. The molecule has 9 nitrogen and oxygen atoms in total. The van der Waals surface area contributed by atoms with E-state index in [1.807, 2.05) is 0 Å². The molecule has 11 heteroatoms. The lowest BCUT2D eigenvalue weighted by Gasteiger charge is -2.06. The SMILES string of the molecule is CNC1=NS(=O)(=O)N=C1NCCSCc1nc[nH]c1CO. The smallest absolute Gasteiger partial charge is 0.367 e. The van der Waals surface area contributed by atoms with Crippen molar-refractivity contribution in [3.8, 4) is 0 Å². The molecule has 0 bridgehead atoms. The number of nitrogens with one attached hydrogen (secondary N) is 3. The zero-order valence-corrected chi connectivity index (χ0v) is 13.0. The van der Waals surface area contributed by atoms with E-state index in [2.05, 4.69) is 29.4 Å². The van der Waals surface area contributed by atoms with Gasteiger partial charge >= 0.3 is 10.2 Å². The highest BCUT2D eigenvalue weighted by Crippen LogP contribution is 2.12. The first-order valence-corrected chi connectivity index (χ1v) is 8.67. The Bertz CT molecular complexity index is 652. The predicted octanol–water partition coefficient (Wildman–Crippen LogP) is -1.00. The number of nitrogens with zero attached hydrogens (tertiary/aromatic N) is 3. The Morgan fingerprint density at radius 3 is 2.86 bits per heavy atom. The highest BCUT2D eigenvalue weighted by molar-refractivity contribution is 7.98. The number of hydrogen-bond donors (Lipinski definition) is 4. The molecule has 2 rings (SSSR count). The Balaban J connectivity index is 1.75. The van der Waals surface area contributed by atoms with Crippen molar-refractivity contribution in [2.45, 2.75) is 12.4 Å². The molecule has 0 atom stereocenters. The second-order valence-corrected chi connectivity index (χ2v) is 6.41. The minimum atomic E-state index is -3.74. The molecule has 0 aliphatic carbocycles. The molecule has 1 aromatic heterocycles. The molecular weight excluding hydrogens is 316 g/mol. The van der Waals surface area contributed by atoms with Gasteiger partial charge < -0.3 is 20.7 Å². The number of aliphatic hydroxyl groups excluding tert-OH is 1. The van der Waals surface area contributed by atoms with Gasteiger partial charge in [-0.25, -0.2) is 4.98 Å². The van der Waals surface area contributed by atoms with Crippen LogP contribution in [-0.2, 0) is 22.6 Å². The summed E-state index contributed by atoms with van der Waals surface area (Å²) in [5.74, 6) is 1.84. The van der Waals surface area contributed by atoms with Gasteiger partial charge in [-0.1, -0.05) is 0 Å². The van der Waals surface area contributed by atoms with Crippen LogP contribution in [0, 0.1) is 0 Å². The Morgan fingerprint density at radius 1 is 1.38 bits per heavy atom. The van der Waals surface area contributed by atoms with Gasteiger partial charge in [0.05, 0.1) is 24.3 Å². The molecule has 116 valence electrons. The zero-order chi connectivity index (χ0) is 15.3. The molecule has 1 aliphatic rings. The standard InChI is InChI=1S/C10H16N6O3S2/c1-11-9-10(16-21(18,19)15-9)12-2-3-20-5-8-7(4-17)13-6-14-8/h6,17H,2-5H2,1H3,(H,11,15)(H,12,16)(H,13,14). The summed E-state index contributed by atoms with van der Waals surface area (Å²) in [6, 6.07) is 0. The van der Waals surface area contributed by atoms with Crippen molar-refractivity contribution in [3.63, 3.8) is 0 Å². The fourth-order valence-corrected chi connectivity index (χ4v) is 3.30. The van der Waals surface area contributed by atoms with Gasteiger partial charge in [0.25, 0.3) is 0 Å². The van der Waals surface area contributed by atoms with Gasteiger partial charge in [-0.05, 0) is 0 Å². The molecule has 0 radical (unpaired) electrons. The monoisotopic (exact) mass is 332 g/mol. The van der Waals surface area contributed by atoms with Gasteiger partial charge in [-0.15, -0.1) is 8.80 Å². The molecule has 0 unspecified atom stereocenters. The number of H-pyrrole nitrogens is 1. The zero-order valence-electron chi connectivity index (χ0n) is 11.3. The Kier molecular flexibility index (Phi) is 5.20. The molecule has 0 saturated heterocycles. The van der Waals surface area contributed by atoms with Crippen LogP contribution in [0.15, 0.2) is 15.1 Å². The molecule has 2 heterocycles. The van der Waals surface area contributed by atoms with E-state index >= 15 is 0 Å². The molecule has 0 fully saturated rings. The van der Waals surface area contributed by atoms with Crippen molar-refractivity contribution in [3.05, 3.63) is 17.7 Å². The number of amidine groups is 2. The number of imidazole rings is 1. The molecule has 0 saturated carbocycles. The quantitative estimate of drug-likeness (QED) is 0.491. The van der Waals surface area contributed by atoms with Crippen LogP contribution >= 0.6 is 11.8 Å². The lowest BCUT2D eigenvalue weighted by molar-refractivity contribution is 0.276. The Morgan fingerprint density at radius 2 is 2.14 bits per heavy atom. The lowest BCUT2D eigenvalue weighted by atomic mass is 10.4. The third kappa shape index (κ3) is 4.19. The van der Waals surface area contributed by atoms with Gasteiger partial charge in [0.1, 0.15) is 0 Å². The van der Waals surface area contributed by atoms with Gasteiger partial charge in [-0.2, -0.15) is 20.2 Å². The van der Waals surface area contributed by atoms with Crippen LogP contribution in [0.4, 0.5) is 0 Å². The number of rotatable bonds is 6. The lowest BCUT2D eigenvalue weighted by Crippen LogP contribution is -2.37. The second-order valence-electron chi connectivity index (χ2n) is 4.04. The van der Waals surface area contributed by atoms with Gasteiger partial charge in [-0.3, -0.25) is 0 Å². The fourth-order valence-electron chi connectivity index (χ4n) is 1.64. The molecule has 0 amide bonds. The minimum absolute atomic E-state index is 0.0647. The van der Waals surface area contributed by atoms with Crippen molar-refractivity contribution >= 4 is 33.6 Å². The van der Waals surface area contributed by atoms with E-state index in [0.717, 1.165) is 11.4 Å². The van der Waals surface area contributed by atoms with Crippen LogP contribution in [0.25, 0.3) is 0 Å². The largest absolute Gasteiger partial charge is 0.390 e. The van der Waals surface area contributed by atoms with Gasteiger partial charge in [0.15, 0.2) is 11.7 Å². The highest BCUT2D eigenvalue weighted by atomic mass is 32.2. The molecule has 0 aromatic carbocycles. The average Bonchev–Trinajstić information content (AvgIpc) is 3.01. The van der Waals surface area contributed by atoms with Crippen LogP contribution in [-0.4, -0.2) is 54.5 Å². The van der Waals surface area contributed by atoms with Crippen LogP contribution in [0.3, 0.4) is 0 Å². The molecule has 1 aliphatic heterocycles. The van der Waals surface area contributed by atoms with Gasteiger partial charge in [0, 0.05) is 25.1 Å². The molecular formula is C10H16N6O3S2. The second kappa shape index (κ2) is 6.91. The van der Waals surface area contributed by atoms with Crippen LogP contribution < -0.4 is 10.6 Å². The normalized spacial score (nSPS) is 16.5. The number of hydrogen-bond acceptors (Lipinski definition) is 7. The first-order chi connectivity index (χ1) is 10.1. The van der Waals surface area contributed by atoms with E-state index in [4.69, 9.17) is 5.11 Å². The minimum Gasteiger partial charge on any atom is -0.390 e. The summed E-state index contributed by atoms with van der Waals surface area (Å²) >= 11 is 1.61. The molecule has 0 spiro atoms. The van der Waals surface area contributed by atoms with Crippen molar-refractivity contribution in [1.29, 1.82) is 0 Å². The highest BCUT2D eigenvalue weighted by Gasteiger charge is 2.22. The maximum absolute atomic E-state index is 11.2. The summed E-state index contributed by atoms with van der Waals surface area (Å²) < 4.78 is 29.4. The first-order valence-electron chi connectivity index (χ1n) is 6.12. The average molecular weight is 332 g/mol. The van der Waals surface area contributed by atoms with Crippen LogP contribution in [0.2, 0.25) is 0 Å². The maximum atomic E-state index is 11.2. The van der Waals surface area contributed by atoms with Crippen molar-refractivity contribution < 1.29 is 13.5 Å². The summed E-state index contributed by atoms with van der Waals surface area (Å²) in [6.07, 6.45) is 1.55. The summed E-state index contributed by atoms with van der Waals surface area (Å²) in [5, 5.41) is 14.7. The summed E-state index contributed by atoms with van der Waals surface area (Å²) in [5.41, 5.74) is 1.53. The van der Waals surface area contributed by atoms with E-state index in [1.165, 1.54) is 0 Å². The van der Waals surface area contributed by atoms with E-state index in [0.29, 0.717) is 18.0 Å². The van der Waals surface area contributed by atoms with E-state index in [9.17, 15) is 8.42 Å². The number of aromatic nitrogens is 2. The first kappa shape index (κ1) is 15.8. The van der Waals surface area contributed by atoms with Crippen molar-refractivity contribution in [2.24, 2.45) is 8.80 Å². The maximum Gasteiger partial charge on any atom is 0.367 e. The summed E-state index contributed by atoms with van der Waals surface area (Å²) in [6.45, 7) is 0.476. The van der Waals surface area contributed by atoms with E-state index in [-0.39, 0.29) is 18.3 Å². The summed E-state index contributed by atoms with van der Waals surface area (Å²) in [4.78, 5) is 6.98. The Hall–Kier alpha value is -1.59. The molecule has 4 N–H and O–H groups in total. The summed E-state index contributed by atoms with van der Waals surface area (Å²) in [7, 11) is -2.16. The number of thioether (sulfide) groups is 1. The van der Waals surface area contributed by atoms with Gasteiger partial charge in [0.2, 0.25) is 0 Å². The number of aromatic amines is 1. The van der Waals surface area contributed by atoms with Crippen molar-refractivity contribution in [1.82, 2.24) is 20.6 Å². The Labute approximate surface area is 126 Å². The fraction of sp³-hybridized carbons (Fsp3) is 0.500. The topological polar surface area (TPSA) is 132 Å². The third-order valence-electron chi connectivity index (χ3n) is 2.62. The predicted molar refractivity (Wildman–Crippen MR) is 81.5 cm³/mol. The molecule has 1 aromatic rings. The third-order valence-corrected chi connectivity index (χ3v) is 4.41. The number of aliphatic hydroxyl groups is 1. The van der Waals surface area contributed by atoms with Crippen molar-refractivity contribution in [2.75, 3.05) is 19.3 Å². The van der Waals surface area contributed by atoms with Crippen LogP contribution in [0.1, 0.15) is 11.4 Å². The van der Waals surface area contributed by atoms with Crippen LogP contribution in [0.5, 0.6) is 0 Å². The number of likely N-dealkylation sites (N-methyl/N-ethyl adjacent to an activating group) is 1. The van der Waals surface area contributed by atoms with E-state index < -0.39 is 10.2 Å².